The zero-order valence-corrected chi connectivity index (χ0v) is 16.9. The minimum Gasteiger partial charge on any atom is -0.493 e. The van der Waals surface area contributed by atoms with Gasteiger partial charge in [0.05, 0.1) is 31.6 Å². The fourth-order valence-electron chi connectivity index (χ4n) is 4.10. The molecule has 2 atom stereocenters. The second-order valence-corrected chi connectivity index (χ2v) is 9.29. The molecule has 29 heavy (non-hydrogen) atoms. The third-order valence-corrected chi connectivity index (χ3v) is 7.70. The standard InChI is InChI=1S/C21H21NO6S/c1-27-18-8-13-9-21(24)22-12-20(29(25,26)14-6-4-3-5-7-14)17(23)11-16(22)15(13)10-19(18)28-2/h3-8,10,16,20H,9,11-12H2,1-2H3. The van der Waals surface area contributed by atoms with E-state index in [-0.39, 0.29) is 36.0 Å². The Bertz CT molecular complexity index is 1080. The van der Waals surface area contributed by atoms with Gasteiger partial charge in [-0.3, -0.25) is 9.59 Å². The molecule has 0 aromatic heterocycles. The summed E-state index contributed by atoms with van der Waals surface area (Å²) in [5.41, 5.74) is 1.57. The van der Waals surface area contributed by atoms with E-state index < -0.39 is 21.1 Å². The number of ether oxygens (including phenoxy) is 2. The second-order valence-electron chi connectivity index (χ2n) is 7.16. The number of Topliss-reactive ketones (excluding diaryl/α,β-unsaturated/α-hetero) is 1. The number of sulfone groups is 1. The maximum Gasteiger partial charge on any atom is 0.227 e. The number of nitrogens with zero attached hydrogens (tertiary/aromatic N) is 1. The average molecular weight is 415 g/mol. The van der Waals surface area contributed by atoms with Crippen LogP contribution in [0.25, 0.3) is 0 Å². The molecule has 1 saturated heterocycles. The SMILES string of the molecule is COc1cc2c(cc1OC)C1CC(=O)C(S(=O)(=O)c3ccccc3)CN1C(=O)C2. The number of amides is 1. The Kier molecular flexibility index (Phi) is 4.82. The van der Waals surface area contributed by atoms with Gasteiger partial charge < -0.3 is 14.4 Å². The van der Waals surface area contributed by atoms with Crippen molar-refractivity contribution in [2.45, 2.75) is 29.0 Å². The number of carbonyl (C=O) groups is 2. The Balaban J connectivity index is 1.72. The predicted molar refractivity (Wildman–Crippen MR) is 105 cm³/mol. The third-order valence-electron chi connectivity index (χ3n) is 5.61. The van der Waals surface area contributed by atoms with Crippen LogP contribution in [0.2, 0.25) is 0 Å². The van der Waals surface area contributed by atoms with Gasteiger partial charge in [0.1, 0.15) is 5.25 Å². The summed E-state index contributed by atoms with van der Waals surface area (Å²) in [6.07, 6.45) is 0.0729. The van der Waals surface area contributed by atoms with Crippen LogP contribution in [0.3, 0.4) is 0 Å². The van der Waals surface area contributed by atoms with Crippen molar-refractivity contribution in [2.75, 3.05) is 20.8 Å². The molecule has 2 aromatic carbocycles. The van der Waals surface area contributed by atoms with E-state index in [2.05, 4.69) is 0 Å². The minimum absolute atomic E-state index is 0.0506. The number of benzene rings is 2. The summed E-state index contributed by atoms with van der Waals surface area (Å²) in [4.78, 5) is 27.3. The first kappa shape index (κ1) is 19.4. The molecule has 152 valence electrons. The van der Waals surface area contributed by atoms with E-state index in [0.29, 0.717) is 11.5 Å². The number of ketones is 1. The molecule has 2 aromatic rings. The van der Waals surface area contributed by atoms with E-state index in [1.165, 1.54) is 31.3 Å². The second kappa shape index (κ2) is 7.18. The lowest BCUT2D eigenvalue weighted by atomic mass is 9.85. The van der Waals surface area contributed by atoms with Gasteiger partial charge in [-0.05, 0) is 35.4 Å². The lowest BCUT2D eigenvalue weighted by Crippen LogP contribution is -2.53. The number of rotatable bonds is 4. The summed E-state index contributed by atoms with van der Waals surface area (Å²) >= 11 is 0. The van der Waals surface area contributed by atoms with Gasteiger partial charge in [0.2, 0.25) is 5.91 Å². The highest BCUT2D eigenvalue weighted by molar-refractivity contribution is 7.92. The fourth-order valence-corrected chi connectivity index (χ4v) is 5.77. The van der Waals surface area contributed by atoms with Crippen molar-refractivity contribution >= 4 is 21.5 Å². The largest absolute Gasteiger partial charge is 0.493 e. The van der Waals surface area contributed by atoms with Crippen LogP contribution in [0.4, 0.5) is 0 Å². The number of hydrogen-bond acceptors (Lipinski definition) is 6. The van der Waals surface area contributed by atoms with Crippen molar-refractivity contribution in [3.05, 3.63) is 53.6 Å². The summed E-state index contributed by atoms with van der Waals surface area (Å²) in [7, 11) is -0.838. The molecule has 0 saturated carbocycles. The molecule has 0 bridgehead atoms. The molecule has 0 radical (unpaired) electrons. The van der Waals surface area contributed by atoms with Crippen molar-refractivity contribution in [3.8, 4) is 11.5 Å². The van der Waals surface area contributed by atoms with Gasteiger partial charge in [-0.25, -0.2) is 8.42 Å². The van der Waals surface area contributed by atoms with Crippen LogP contribution in [0.5, 0.6) is 11.5 Å². The van der Waals surface area contributed by atoms with E-state index >= 15 is 0 Å². The zero-order chi connectivity index (χ0) is 20.8. The van der Waals surface area contributed by atoms with Gasteiger partial charge in [0, 0.05) is 13.0 Å². The van der Waals surface area contributed by atoms with Gasteiger partial charge in [-0.15, -0.1) is 0 Å². The quantitative estimate of drug-likeness (QED) is 0.758. The molecule has 0 spiro atoms. The van der Waals surface area contributed by atoms with E-state index in [1.54, 1.807) is 30.3 Å². The topological polar surface area (TPSA) is 90.0 Å². The van der Waals surface area contributed by atoms with Crippen molar-refractivity contribution < 1.29 is 27.5 Å². The Hall–Kier alpha value is -2.87. The smallest absolute Gasteiger partial charge is 0.227 e. The van der Waals surface area contributed by atoms with Crippen molar-refractivity contribution in [2.24, 2.45) is 0 Å². The average Bonchev–Trinajstić information content (AvgIpc) is 2.73. The van der Waals surface area contributed by atoms with Crippen molar-refractivity contribution in [1.82, 2.24) is 4.90 Å². The number of carbonyl (C=O) groups excluding carboxylic acids is 2. The lowest BCUT2D eigenvalue weighted by molar-refractivity contribution is -0.138. The summed E-state index contributed by atoms with van der Waals surface area (Å²) < 4.78 is 36.7. The normalized spacial score (nSPS) is 21.4. The Morgan fingerprint density at radius 3 is 2.31 bits per heavy atom. The molecule has 8 heteroatoms. The zero-order valence-electron chi connectivity index (χ0n) is 16.1. The van der Waals surface area contributed by atoms with Crippen LogP contribution in [-0.4, -0.2) is 51.0 Å². The molecular formula is C21H21NO6S. The number of methoxy groups -OCH3 is 2. The number of piperidine rings is 1. The summed E-state index contributed by atoms with van der Waals surface area (Å²) in [6.45, 7) is -0.145. The Labute approximate surface area is 169 Å². The molecule has 0 aliphatic carbocycles. The highest BCUT2D eigenvalue weighted by Crippen LogP contribution is 2.42. The van der Waals surface area contributed by atoms with Gasteiger partial charge in [-0.2, -0.15) is 0 Å². The van der Waals surface area contributed by atoms with E-state index in [0.717, 1.165) is 11.1 Å². The van der Waals surface area contributed by atoms with Crippen molar-refractivity contribution in [3.63, 3.8) is 0 Å². The Morgan fingerprint density at radius 2 is 1.66 bits per heavy atom. The monoisotopic (exact) mass is 415 g/mol. The number of hydrogen-bond donors (Lipinski definition) is 0. The molecule has 2 heterocycles. The summed E-state index contributed by atoms with van der Waals surface area (Å²) in [5, 5.41) is -1.26. The van der Waals surface area contributed by atoms with E-state index in [1.807, 2.05) is 0 Å². The molecule has 4 rings (SSSR count). The molecule has 1 fully saturated rings. The molecule has 1 amide bonds. The van der Waals surface area contributed by atoms with E-state index in [9.17, 15) is 18.0 Å². The maximum absolute atomic E-state index is 13.0. The summed E-state index contributed by atoms with van der Waals surface area (Å²) in [5.74, 6) is 0.437. The van der Waals surface area contributed by atoms with Gasteiger partial charge in [-0.1, -0.05) is 18.2 Å². The van der Waals surface area contributed by atoms with Gasteiger partial charge in [0.15, 0.2) is 27.1 Å². The minimum atomic E-state index is -3.87. The first-order valence-corrected chi connectivity index (χ1v) is 10.8. The molecular weight excluding hydrogens is 394 g/mol. The molecule has 2 aliphatic heterocycles. The molecule has 0 N–H and O–H groups in total. The van der Waals surface area contributed by atoms with E-state index in [4.69, 9.17) is 9.47 Å². The van der Waals surface area contributed by atoms with Crippen LogP contribution in [0.15, 0.2) is 47.4 Å². The molecule has 2 unspecified atom stereocenters. The van der Waals surface area contributed by atoms with Crippen LogP contribution in [-0.2, 0) is 25.8 Å². The van der Waals surface area contributed by atoms with Crippen LogP contribution in [0, 0.1) is 0 Å². The fraction of sp³-hybridized carbons (Fsp3) is 0.333. The highest BCUT2D eigenvalue weighted by atomic mass is 32.2. The first-order chi connectivity index (χ1) is 13.9. The van der Waals surface area contributed by atoms with Gasteiger partial charge >= 0.3 is 0 Å². The highest BCUT2D eigenvalue weighted by Gasteiger charge is 2.46. The van der Waals surface area contributed by atoms with Crippen molar-refractivity contribution in [1.29, 1.82) is 0 Å². The maximum atomic E-state index is 13.0. The van der Waals surface area contributed by atoms with Crippen LogP contribution >= 0.6 is 0 Å². The summed E-state index contributed by atoms with van der Waals surface area (Å²) in [6, 6.07) is 10.9. The predicted octanol–water partition coefficient (Wildman–Crippen LogP) is 1.94. The van der Waals surface area contributed by atoms with Crippen LogP contribution in [0.1, 0.15) is 23.6 Å². The molecule has 2 aliphatic rings. The lowest BCUT2D eigenvalue weighted by Gasteiger charge is -2.42. The Morgan fingerprint density at radius 1 is 1.00 bits per heavy atom. The first-order valence-electron chi connectivity index (χ1n) is 9.22. The molecule has 7 nitrogen and oxygen atoms in total. The third kappa shape index (κ3) is 3.17. The van der Waals surface area contributed by atoms with Crippen LogP contribution < -0.4 is 9.47 Å². The van der Waals surface area contributed by atoms with Gasteiger partial charge in [0.25, 0.3) is 0 Å². The number of fused-ring (bicyclic) bond motifs is 3.